The number of nitrogens with zero attached hydrogens (tertiary/aromatic N) is 3. The molecule has 4 rings (SSSR count). The van der Waals surface area contributed by atoms with Crippen molar-refractivity contribution in [1.82, 2.24) is 19.5 Å². The minimum absolute atomic E-state index is 0.155. The van der Waals surface area contributed by atoms with Gasteiger partial charge >= 0.3 is 0 Å². The lowest BCUT2D eigenvalue weighted by Gasteiger charge is -2.09. The molecule has 0 unspecified atom stereocenters. The monoisotopic (exact) mass is 392 g/mol. The average molecular weight is 392 g/mol. The van der Waals surface area contributed by atoms with Crippen molar-refractivity contribution in [3.63, 3.8) is 0 Å². The van der Waals surface area contributed by atoms with Crippen molar-refractivity contribution in [2.45, 2.75) is 26.3 Å². The molecular formula is C22H21FN4O2. The molecule has 0 atom stereocenters. The van der Waals surface area contributed by atoms with E-state index in [4.69, 9.17) is 0 Å². The van der Waals surface area contributed by atoms with Gasteiger partial charge in [-0.05, 0) is 49.6 Å². The zero-order valence-electron chi connectivity index (χ0n) is 16.1. The topological polar surface area (TPSA) is 68.4 Å². The molecule has 2 aromatic heterocycles. The second kappa shape index (κ2) is 7.87. The predicted molar refractivity (Wildman–Crippen MR) is 109 cm³/mol. The van der Waals surface area contributed by atoms with E-state index < -0.39 is 0 Å². The number of halogens is 1. The van der Waals surface area contributed by atoms with E-state index >= 15 is 0 Å². The lowest BCUT2D eigenvalue weighted by Crippen LogP contribution is -2.35. The molecule has 0 aliphatic carbocycles. The Balaban J connectivity index is 1.47. The number of nitrogens with one attached hydrogen (secondary N) is 1. The molecule has 0 aliphatic heterocycles. The van der Waals surface area contributed by atoms with Crippen LogP contribution in [0.2, 0.25) is 0 Å². The lowest BCUT2D eigenvalue weighted by molar-refractivity contribution is -0.121. The van der Waals surface area contributed by atoms with Crippen LogP contribution in [0.1, 0.15) is 17.8 Å². The zero-order chi connectivity index (χ0) is 20.4. The highest BCUT2D eigenvalue weighted by molar-refractivity contribution is 5.87. The van der Waals surface area contributed by atoms with Crippen molar-refractivity contribution in [3.8, 4) is 0 Å². The molecule has 0 fully saturated rings. The van der Waals surface area contributed by atoms with Crippen LogP contribution in [0, 0.1) is 12.7 Å². The molecule has 4 aromatic rings. The smallest absolute Gasteiger partial charge is 0.291 e. The van der Waals surface area contributed by atoms with Crippen molar-refractivity contribution >= 4 is 22.3 Å². The van der Waals surface area contributed by atoms with E-state index in [0.29, 0.717) is 28.8 Å². The third-order valence-corrected chi connectivity index (χ3v) is 4.91. The van der Waals surface area contributed by atoms with Gasteiger partial charge in [0.05, 0.1) is 5.52 Å². The fourth-order valence-corrected chi connectivity index (χ4v) is 3.55. The van der Waals surface area contributed by atoms with E-state index in [-0.39, 0.29) is 23.8 Å². The summed E-state index contributed by atoms with van der Waals surface area (Å²) in [5, 5.41) is 7.73. The van der Waals surface area contributed by atoms with Gasteiger partial charge in [-0.15, -0.1) is 0 Å². The summed E-state index contributed by atoms with van der Waals surface area (Å²) >= 11 is 0. The summed E-state index contributed by atoms with van der Waals surface area (Å²) in [6, 6.07) is 16.0. The average Bonchev–Trinajstić information content (AvgIpc) is 3.09. The SMILES string of the molecule is Cc1nn(CC(=O)NCCCc2ccccc2)c(=O)c2cc3cc(F)ccc3n12. The number of benzene rings is 2. The second-order valence-corrected chi connectivity index (χ2v) is 7.02. The van der Waals surface area contributed by atoms with Gasteiger partial charge in [0, 0.05) is 11.9 Å². The fraction of sp³-hybridized carbons (Fsp3) is 0.227. The molecule has 0 radical (unpaired) electrons. The Morgan fingerprint density at radius 1 is 1.10 bits per heavy atom. The van der Waals surface area contributed by atoms with Crippen molar-refractivity contribution in [2.24, 2.45) is 0 Å². The van der Waals surface area contributed by atoms with Crippen molar-refractivity contribution in [3.05, 3.63) is 82.2 Å². The largest absolute Gasteiger partial charge is 0.354 e. The molecule has 148 valence electrons. The van der Waals surface area contributed by atoms with Crippen LogP contribution in [0.3, 0.4) is 0 Å². The van der Waals surface area contributed by atoms with Crippen LogP contribution in [-0.2, 0) is 17.8 Å². The lowest BCUT2D eigenvalue weighted by atomic mass is 10.1. The molecule has 0 saturated heterocycles. The summed E-state index contributed by atoms with van der Waals surface area (Å²) in [6.07, 6.45) is 1.68. The van der Waals surface area contributed by atoms with Gasteiger partial charge in [-0.3, -0.25) is 14.0 Å². The molecule has 0 aliphatic rings. The minimum atomic E-state index is -0.383. The number of aryl methyl sites for hydroxylation is 2. The van der Waals surface area contributed by atoms with Gasteiger partial charge in [0.25, 0.3) is 5.56 Å². The van der Waals surface area contributed by atoms with Gasteiger partial charge in [-0.2, -0.15) is 5.10 Å². The quantitative estimate of drug-likeness (QED) is 0.513. The molecule has 1 amide bonds. The molecule has 0 spiro atoms. The predicted octanol–water partition coefficient (Wildman–Crippen LogP) is 2.85. The van der Waals surface area contributed by atoms with Gasteiger partial charge in [-0.1, -0.05) is 30.3 Å². The van der Waals surface area contributed by atoms with Crippen LogP contribution in [-0.4, -0.2) is 26.6 Å². The Bertz CT molecular complexity index is 1240. The number of aromatic nitrogens is 3. The van der Waals surface area contributed by atoms with Gasteiger partial charge in [0.15, 0.2) is 0 Å². The van der Waals surface area contributed by atoms with Crippen molar-refractivity contribution in [1.29, 1.82) is 0 Å². The summed E-state index contributed by atoms with van der Waals surface area (Å²) < 4.78 is 16.4. The summed E-state index contributed by atoms with van der Waals surface area (Å²) in [4.78, 5) is 25.1. The van der Waals surface area contributed by atoms with Gasteiger partial charge in [0.1, 0.15) is 23.7 Å². The molecular weight excluding hydrogens is 371 g/mol. The second-order valence-electron chi connectivity index (χ2n) is 7.02. The Morgan fingerprint density at radius 2 is 1.90 bits per heavy atom. The normalized spacial score (nSPS) is 11.2. The van der Waals surface area contributed by atoms with E-state index in [2.05, 4.69) is 22.5 Å². The summed E-state index contributed by atoms with van der Waals surface area (Å²) in [5.41, 5.74) is 1.92. The van der Waals surface area contributed by atoms with Gasteiger partial charge in [-0.25, -0.2) is 9.07 Å². The van der Waals surface area contributed by atoms with Gasteiger partial charge < -0.3 is 5.32 Å². The number of hydrogen-bond donors (Lipinski definition) is 1. The first-order chi connectivity index (χ1) is 14.0. The molecule has 7 heteroatoms. The number of carbonyl (C=O) groups is 1. The van der Waals surface area contributed by atoms with Crippen molar-refractivity contribution < 1.29 is 9.18 Å². The number of rotatable bonds is 6. The van der Waals surface area contributed by atoms with Crippen LogP contribution in [0.4, 0.5) is 4.39 Å². The number of fused-ring (bicyclic) bond motifs is 3. The van der Waals surface area contributed by atoms with E-state index in [9.17, 15) is 14.0 Å². The number of carbonyl (C=O) groups excluding carboxylic acids is 1. The number of amides is 1. The summed E-state index contributed by atoms with van der Waals surface area (Å²) in [7, 11) is 0. The fourth-order valence-electron chi connectivity index (χ4n) is 3.55. The Hall–Kier alpha value is -3.48. The van der Waals surface area contributed by atoms with E-state index in [1.165, 1.54) is 17.7 Å². The zero-order valence-corrected chi connectivity index (χ0v) is 16.1. The molecule has 2 aromatic carbocycles. The standard InChI is InChI=1S/C22H21FN4O2/c1-15-25-26(14-21(28)24-11-5-8-16-6-3-2-4-7-16)22(29)20-13-17-12-18(23)9-10-19(17)27(15)20/h2-4,6-7,9-10,12-13H,5,8,11,14H2,1H3,(H,24,28). The third-order valence-electron chi connectivity index (χ3n) is 4.91. The molecule has 0 saturated carbocycles. The third kappa shape index (κ3) is 3.89. The van der Waals surface area contributed by atoms with E-state index in [1.54, 1.807) is 23.5 Å². The van der Waals surface area contributed by atoms with E-state index in [1.807, 2.05) is 18.2 Å². The summed E-state index contributed by atoms with van der Waals surface area (Å²) in [5.74, 6) is -0.0779. The van der Waals surface area contributed by atoms with Crippen LogP contribution in [0.5, 0.6) is 0 Å². The summed E-state index contributed by atoms with van der Waals surface area (Å²) in [6.45, 7) is 2.12. The van der Waals surface area contributed by atoms with Crippen LogP contribution >= 0.6 is 0 Å². The first kappa shape index (κ1) is 18.9. The molecule has 2 heterocycles. The highest BCUT2D eigenvalue weighted by Gasteiger charge is 2.14. The molecule has 6 nitrogen and oxygen atoms in total. The van der Waals surface area contributed by atoms with Crippen LogP contribution < -0.4 is 10.9 Å². The molecule has 0 bridgehead atoms. The van der Waals surface area contributed by atoms with Gasteiger partial charge in [0.2, 0.25) is 5.91 Å². The Labute approximate surface area is 166 Å². The number of hydrogen-bond acceptors (Lipinski definition) is 3. The highest BCUT2D eigenvalue weighted by Crippen LogP contribution is 2.20. The van der Waals surface area contributed by atoms with Crippen molar-refractivity contribution in [2.75, 3.05) is 6.54 Å². The maximum Gasteiger partial charge on any atom is 0.291 e. The van der Waals surface area contributed by atoms with Crippen LogP contribution in [0.15, 0.2) is 59.4 Å². The maximum atomic E-state index is 13.5. The first-order valence-corrected chi connectivity index (χ1v) is 9.52. The molecule has 1 N–H and O–H groups in total. The molecule has 29 heavy (non-hydrogen) atoms. The maximum absolute atomic E-state index is 13.5. The van der Waals surface area contributed by atoms with E-state index in [0.717, 1.165) is 17.5 Å². The highest BCUT2D eigenvalue weighted by atomic mass is 19.1. The Kier molecular flexibility index (Phi) is 5.12. The Morgan fingerprint density at radius 3 is 2.69 bits per heavy atom. The first-order valence-electron chi connectivity index (χ1n) is 9.52. The minimum Gasteiger partial charge on any atom is -0.354 e. The van der Waals surface area contributed by atoms with Crippen LogP contribution in [0.25, 0.3) is 16.4 Å².